The fraction of sp³-hybridized carbons (Fsp3) is 0.333. The minimum Gasteiger partial charge on any atom is -0.312 e. The lowest BCUT2D eigenvalue weighted by Crippen LogP contribution is -2.18. The van der Waals surface area contributed by atoms with Crippen molar-refractivity contribution in [3.05, 3.63) is 59.7 Å². The van der Waals surface area contributed by atoms with Crippen LogP contribution in [0.4, 0.5) is 0 Å². The van der Waals surface area contributed by atoms with Crippen LogP contribution in [0.25, 0.3) is 0 Å². The van der Waals surface area contributed by atoms with Crippen molar-refractivity contribution in [3.63, 3.8) is 0 Å². The molecular weight excluding hydrogens is 262 g/mol. The van der Waals surface area contributed by atoms with Gasteiger partial charge in [0, 0.05) is 16.3 Å². The number of hydrogen-bond acceptors (Lipinski definition) is 2. The molecular formula is C18H23NS. The molecule has 2 rings (SSSR count). The molecule has 0 aromatic heterocycles. The summed E-state index contributed by atoms with van der Waals surface area (Å²) in [4.78, 5) is 2.63. The van der Waals surface area contributed by atoms with Gasteiger partial charge < -0.3 is 5.32 Å². The van der Waals surface area contributed by atoms with E-state index in [2.05, 4.69) is 74.6 Å². The van der Waals surface area contributed by atoms with E-state index < -0.39 is 0 Å². The van der Waals surface area contributed by atoms with E-state index in [-0.39, 0.29) is 0 Å². The lowest BCUT2D eigenvalue weighted by Gasteiger charge is -2.10. The number of hydrogen-bond donors (Lipinski definition) is 1. The second kappa shape index (κ2) is 7.51. The third-order valence-electron chi connectivity index (χ3n) is 3.09. The van der Waals surface area contributed by atoms with Crippen molar-refractivity contribution in [2.45, 2.75) is 37.1 Å². The van der Waals surface area contributed by atoms with Gasteiger partial charge in [-0.2, -0.15) is 0 Å². The van der Waals surface area contributed by atoms with E-state index in [1.807, 2.05) is 11.8 Å². The van der Waals surface area contributed by atoms with Crippen LogP contribution in [0.2, 0.25) is 0 Å². The summed E-state index contributed by atoms with van der Waals surface area (Å²) >= 11 is 1.83. The first-order chi connectivity index (χ1) is 9.65. The van der Waals surface area contributed by atoms with Gasteiger partial charge in [0.05, 0.1) is 0 Å². The van der Waals surface area contributed by atoms with Crippen molar-refractivity contribution in [3.8, 4) is 0 Å². The molecule has 1 N–H and O–H groups in total. The van der Waals surface area contributed by atoms with Gasteiger partial charge in [-0.25, -0.2) is 0 Å². The van der Waals surface area contributed by atoms with Gasteiger partial charge in [-0.15, -0.1) is 0 Å². The highest BCUT2D eigenvalue weighted by Crippen LogP contribution is 2.30. The van der Waals surface area contributed by atoms with Crippen LogP contribution in [0.5, 0.6) is 0 Å². The monoisotopic (exact) mass is 285 g/mol. The van der Waals surface area contributed by atoms with Crippen molar-refractivity contribution in [1.82, 2.24) is 5.32 Å². The molecule has 20 heavy (non-hydrogen) atoms. The Kier molecular flexibility index (Phi) is 5.69. The number of benzene rings is 2. The van der Waals surface area contributed by atoms with Crippen LogP contribution in [-0.4, -0.2) is 6.54 Å². The summed E-state index contributed by atoms with van der Waals surface area (Å²) in [5.41, 5.74) is 2.71. The van der Waals surface area contributed by atoms with Crippen LogP contribution in [-0.2, 0) is 6.54 Å². The van der Waals surface area contributed by atoms with Crippen molar-refractivity contribution in [2.75, 3.05) is 6.54 Å². The van der Waals surface area contributed by atoms with Crippen molar-refractivity contribution in [2.24, 2.45) is 5.92 Å². The quantitative estimate of drug-likeness (QED) is 0.811. The maximum Gasteiger partial charge on any atom is 0.0205 e. The van der Waals surface area contributed by atoms with Crippen molar-refractivity contribution < 1.29 is 0 Å². The third kappa shape index (κ3) is 4.69. The van der Waals surface area contributed by atoms with Crippen LogP contribution >= 0.6 is 11.8 Å². The molecule has 2 aromatic rings. The Hall–Kier alpha value is -1.25. The number of rotatable bonds is 6. The summed E-state index contributed by atoms with van der Waals surface area (Å²) in [5, 5.41) is 3.49. The molecule has 0 atom stereocenters. The zero-order valence-electron chi connectivity index (χ0n) is 12.5. The second-order valence-electron chi connectivity index (χ2n) is 5.54. The molecule has 0 fully saturated rings. The van der Waals surface area contributed by atoms with E-state index >= 15 is 0 Å². The number of aryl methyl sites for hydroxylation is 1. The molecule has 0 saturated heterocycles. The minimum atomic E-state index is 0.698. The Morgan fingerprint density at radius 2 is 1.80 bits per heavy atom. The predicted octanol–water partition coefficient (Wildman–Crippen LogP) is 4.89. The van der Waals surface area contributed by atoms with Crippen LogP contribution < -0.4 is 5.32 Å². The SMILES string of the molecule is Cc1cc(CNCC(C)C)ccc1Sc1ccccc1. The van der Waals surface area contributed by atoms with Crippen molar-refractivity contribution >= 4 is 11.8 Å². The average Bonchev–Trinajstić information content (AvgIpc) is 2.42. The maximum atomic E-state index is 3.49. The highest BCUT2D eigenvalue weighted by Gasteiger charge is 2.03. The highest BCUT2D eigenvalue weighted by molar-refractivity contribution is 7.99. The fourth-order valence-electron chi connectivity index (χ4n) is 2.06. The van der Waals surface area contributed by atoms with Gasteiger partial charge in [0.15, 0.2) is 0 Å². The summed E-state index contributed by atoms with van der Waals surface area (Å²) < 4.78 is 0. The molecule has 2 aromatic carbocycles. The predicted molar refractivity (Wildman–Crippen MR) is 88.3 cm³/mol. The van der Waals surface area contributed by atoms with Gasteiger partial charge in [0.25, 0.3) is 0 Å². The second-order valence-corrected chi connectivity index (χ2v) is 6.66. The molecule has 2 heteroatoms. The smallest absolute Gasteiger partial charge is 0.0205 e. The van der Waals surface area contributed by atoms with E-state index in [9.17, 15) is 0 Å². The fourth-order valence-corrected chi connectivity index (χ4v) is 2.96. The molecule has 106 valence electrons. The molecule has 1 nitrogen and oxygen atoms in total. The van der Waals surface area contributed by atoms with Gasteiger partial charge >= 0.3 is 0 Å². The van der Waals surface area contributed by atoms with Gasteiger partial charge in [-0.05, 0) is 48.7 Å². The lowest BCUT2D eigenvalue weighted by atomic mass is 10.1. The Bertz CT molecular complexity index is 534. The van der Waals surface area contributed by atoms with Gasteiger partial charge in [0.1, 0.15) is 0 Å². The molecule has 0 bridgehead atoms. The summed E-state index contributed by atoms with van der Waals surface area (Å²) in [6, 6.07) is 17.3. The van der Waals surface area contributed by atoms with E-state index in [0.29, 0.717) is 5.92 Å². The largest absolute Gasteiger partial charge is 0.312 e. The lowest BCUT2D eigenvalue weighted by molar-refractivity contribution is 0.552. The molecule has 0 aliphatic carbocycles. The first-order valence-electron chi connectivity index (χ1n) is 7.18. The average molecular weight is 285 g/mol. The Labute approximate surface area is 126 Å². The standard InChI is InChI=1S/C18H23NS/c1-14(2)12-19-13-16-9-10-18(15(3)11-16)20-17-7-5-4-6-8-17/h4-11,14,19H,12-13H2,1-3H3. The summed E-state index contributed by atoms with van der Waals surface area (Å²) in [5.74, 6) is 0.698. The van der Waals surface area contributed by atoms with Crippen LogP contribution in [0.3, 0.4) is 0 Å². The summed E-state index contributed by atoms with van der Waals surface area (Å²) in [7, 11) is 0. The minimum absolute atomic E-state index is 0.698. The zero-order chi connectivity index (χ0) is 14.4. The molecule has 0 heterocycles. The Balaban J connectivity index is 1.99. The molecule has 0 unspecified atom stereocenters. The topological polar surface area (TPSA) is 12.0 Å². The Morgan fingerprint density at radius 3 is 2.45 bits per heavy atom. The molecule has 0 aliphatic rings. The van der Waals surface area contributed by atoms with Crippen LogP contribution in [0.1, 0.15) is 25.0 Å². The van der Waals surface area contributed by atoms with E-state index in [0.717, 1.165) is 13.1 Å². The molecule has 0 aliphatic heterocycles. The molecule has 0 spiro atoms. The zero-order valence-corrected chi connectivity index (χ0v) is 13.3. The van der Waals surface area contributed by atoms with Crippen LogP contribution in [0, 0.1) is 12.8 Å². The maximum absolute atomic E-state index is 3.49. The van der Waals surface area contributed by atoms with Crippen LogP contribution in [0.15, 0.2) is 58.3 Å². The van der Waals surface area contributed by atoms with Crippen molar-refractivity contribution in [1.29, 1.82) is 0 Å². The van der Waals surface area contributed by atoms with E-state index in [1.54, 1.807) is 0 Å². The first kappa shape index (κ1) is 15.1. The summed E-state index contributed by atoms with van der Waals surface area (Å²) in [6.45, 7) is 8.68. The molecule has 0 radical (unpaired) electrons. The molecule has 0 amide bonds. The first-order valence-corrected chi connectivity index (χ1v) is 8.00. The summed E-state index contributed by atoms with van der Waals surface area (Å²) in [6.07, 6.45) is 0. The van der Waals surface area contributed by atoms with E-state index in [1.165, 1.54) is 20.9 Å². The highest BCUT2D eigenvalue weighted by atomic mass is 32.2. The normalized spacial score (nSPS) is 11.0. The van der Waals surface area contributed by atoms with Gasteiger partial charge in [0.2, 0.25) is 0 Å². The van der Waals surface area contributed by atoms with Gasteiger partial charge in [-0.3, -0.25) is 0 Å². The van der Waals surface area contributed by atoms with Gasteiger partial charge in [-0.1, -0.05) is 55.9 Å². The number of nitrogens with one attached hydrogen (secondary N) is 1. The third-order valence-corrected chi connectivity index (χ3v) is 4.28. The molecule has 0 saturated carbocycles. The van der Waals surface area contributed by atoms with E-state index in [4.69, 9.17) is 0 Å². The Morgan fingerprint density at radius 1 is 1.05 bits per heavy atom.